The van der Waals surface area contributed by atoms with Crippen molar-refractivity contribution in [3.8, 4) is 11.5 Å². The smallest absolute Gasteiger partial charge is 0.337 e. The third-order valence-corrected chi connectivity index (χ3v) is 5.94. The molecule has 35 heavy (non-hydrogen) atoms. The number of aryl methyl sites for hydroxylation is 1. The fourth-order valence-corrected chi connectivity index (χ4v) is 4.23. The van der Waals surface area contributed by atoms with Crippen LogP contribution < -0.4 is 16.0 Å². The Bertz CT molecular complexity index is 1690. The van der Waals surface area contributed by atoms with Gasteiger partial charge in [0.15, 0.2) is 5.82 Å². The van der Waals surface area contributed by atoms with Gasteiger partial charge in [0.1, 0.15) is 11.3 Å². The number of H-pyrrole nitrogens is 1. The number of para-hydroxylation sites is 1. The number of fused-ring (bicyclic) bond motifs is 2. The standard InChI is InChI=1S/C26H22FN5O3/c1-14-10-18-23(22(11-14)32(3)30-20-7-5-4-6-17(20)26(34)35)29-24(31(2)25(18)33)21-13-15-12-16(27)8-9-19(15)28-21/h4-13,28,30H,1-3H3,(H,34,35). The fraction of sp³-hybridized carbons (Fsp3) is 0.115. The highest BCUT2D eigenvalue weighted by atomic mass is 19.1. The Hall–Kier alpha value is -4.66. The van der Waals surface area contributed by atoms with Gasteiger partial charge < -0.3 is 10.1 Å². The lowest BCUT2D eigenvalue weighted by Crippen LogP contribution is -2.28. The van der Waals surface area contributed by atoms with Crippen molar-refractivity contribution >= 4 is 39.1 Å². The first kappa shape index (κ1) is 22.1. The molecule has 0 saturated carbocycles. The predicted molar refractivity (Wildman–Crippen MR) is 134 cm³/mol. The fourth-order valence-electron chi connectivity index (χ4n) is 4.23. The molecule has 3 N–H and O–H groups in total. The van der Waals surface area contributed by atoms with Gasteiger partial charge in [0.2, 0.25) is 0 Å². The summed E-state index contributed by atoms with van der Waals surface area (Å²) in [6.45, 7) is 1.88. The van der Waals surface area contributed by atoms with Gasteiger partial charge in [-0.3, -0.25) is 19.8 Å². The number of nitrogens with one attached hydrogen (secondary N) is 2. The van der Waals surface area contributed by atoms with Crippen LogP contribution in [0.15, 0.2) is 65.5 Å². The second-order valence-corrected chi connectivity index (χ2v) is 8.42. The molecule has 0 aliphatic carbocycles. The Labute approximate surface area is 199 Å². The molecule has 0 aliphatic heterocycles. The minimum Gasteiger partial charge on any atom is -0.478 e. The van der Waals surface area contributed by atoms with Gasteiger partial charge in [0.25, 0.3) is 5.56 Å². The maximum Gasteiger partial charge on any atom is 0.337 e. The number of hydrogen-bond donors (Lipinski definition) is 3. The van der Waals surface area contributed by atoms with Crippen molar-refractivity contribution in [2.75, 3.05) is 17.5 Å². The Balaban J connectivity index is 1.68. The summed E-state index contributed by atoms with van der Waals surface area (Å²) in [4.78, 5) is 33.0. The van der Waals surface area contributed by atoms with Gasteiger partial charge in [-0.25, -0.2) is 14.2 Å². The van der Waals surface area contributed by atoms with E-state index >= 15 is 0 Å². The topological polar surface area (TPSA) is 103 Å². The molecule has 0 amide bonds. The molecule has 0 radical (unpaired) electrons. The first-order valence-electron chi connectivity index (χ1n) is 10.9. The molecule has 5 rings (SSSR count). The van der Waals surface area contributed by atoms with E-state index in [-0.39, 0.29) is 16.9 Å². The van der Waals surface area contributed by atoms with Crippen molar-refractivity contribution in [3.05, 3.63) is 88.0 Å². The average Bonchev–Trinajstić information content (AvgIpc) is 3.24. The second kappa shape index (κ2) is 8.28. The lowest BCUT2D eigenvalue weighted by molar-refractivity contribution is 0.0698. The Morgan fingerprint density at radius 1 is 1.14 bits per heavy atom. The Kier molecular flexibility index (Phi) is 5.24. The third-order valence-electron chi connectivity index (χ3n) is 5.94. The molecule has 0 fully saturated rings. The summed E-state index contributed by atoms with van der Waals surface area (Å²) in [5, 5.41) is 12.3. The van der Waals surface area contributed by atoms with E-state index in [0.717, 1.165) is 11.1 Å². The number of aromatic nitrogens is 3. The van der Waals surface area contributed by atoms with Gasteiger partial charge in [0.05, 0.1) is 28.0 Å². The number of halogens is 1. The molecular weight excluding hydrogens is 449 g/mol. The highest BCUT2D eigenvalue weighted by molar-refractivity contribution is 5.96. The average molecular weight is 471 g/mol. The molecule has 0 unspecified atom stereocenters. The predicted octanol–water partition coefficient (Wildman–Crippen LogP) is 4.69. The molecular formula is C26H22FN5O3. The van der Waals surface area contributed by atoms with Crippen LogP contribution in [0.5, 0.6) is 0 Å². The van der Waals surface area contributed by atoms with E-state index in [1.54, 1.807) is 55.5 Å². The maximum atomic E-state index is 13.7. The molecule has 0 saturated heterocycles. The van der Waals surface area contributed by atoms with Crippen LogP contribution in [0.3, 0.4) is 0 Å². The number of anilines is 2. The zero-order valence-corrected chi connectivity index (χ0v) is 19.3. The molecule has 8 nitrogen and oxygen atoms in total. The number of rotatable bonds is 5. The van der Waals surface area contributed by atoms with E-state index in [0.29, 0.717) is 39.2 Å². The van der Waals surface area contributed by atoms with Crippen LogP contribution in [0.4, 0.5) is 15.8 Å². The zero-order chi connectivity index (χ0) is 24.9. The number of benzene rings is 3. The summed E-state index contributed by atoms with van der Waals surface area (Å²) in [6.07, 6.45) is 0. The summed E-state index contributed by atoms with van der Waals surface area (Å²) in [7, 11) is 3.38. The van der Waals surface area contributed by atoms with Crippen molar-refractivity contribution in [2.24, 2.45) is 7.05 Å². The van der Waals surface area contributed by atoms with Crippen LogP contribution in [-0.4, -0.2) is 32.7 Å². The first-order chi connectivity index (χ1) is 16.7. The third kappa shape index (κ3) is 3.86. The van der Waals surface area contributed by atoms with Crippen LogP contribution in [-0.2, 0) is 7.05 Å². The van der Waals surface area contributed by atoms with E-state index in [9.17, 15) is 19.1 Å². The summed E-state index contributed by atoms with van der Waals surface area (Å²) in [6, 6.07) is 16.4. The number of nitrogens with zero attached hydrogens (tertiary/aromatic N) is 3. The van der Waals surface area contributed by atoms with Crippen LogP contribution >= 0.6 is 0 Å². The maximum absolute atomic E-state index is 13.7. The number of carbonyl (C=O) groups is 1. The van der Waals surface area contributed by atoms with Gasteiger partial charge in [-0.2, -0.15) is 0 Å². The summed E-state index contributed by atoms with van der Waals surface area (Å²) < 4.78 is 15.2. The first-order valence-corrected chi connectivity index (χ1v) is 10.9. The quantitative estimate of drug-likeness (QED) is 0.321. The monoisotopic (exact) mass is 471 g/mol. The van der Waals surface area contributed by atoms with E-state index in [2.05, 4.69) is 10.4 Å². The minimum atomic E-state index is -1.06. The van der Waals surface area contributed by atoms with Gasteiger partial charge in [-0.1, -0.05) is 12.1 Å². The van der Waals surface area contributed by atoms with Crippen molar-refractivity contribution in [2.45, 2.75) is 6.92 Å². The number of hydrazine groups is 1. The van der Waals surface area contributed by atoms with Crippen molar-refractivity contribution in [3.63, 3.8) is 0 Å². The van der Waals surface area contributed by atoms with E-state index in [4.69, 9.17) is 4.98 Å². The number of aromatic amines is 1. The SMILES string of the molecule is Cc1cc(N(C)Nc2ccccc2C(=O)O)c2nc(-c3cc4cc(F)ccc4[nH]3)n(C)c(=O)c2c1. The lowest BCUT2D eigenvalue weighted by atomic mass is 10.1. The summed E-state index contributed by atoms with van der Waals surface area (Å²) >= 11 is 0. The molecule has 3 aromatic carbocycles. The second-order valence-electron chi connectivity index (χ2n) is 8.42. The van der Waals surface area contributed by atoms with E-state index in [1.807, 2.05) is 13.0 Å². The van der Waals surface area contributed by atoms with E-state index in [1.165, 1.54) is 22.8 Å². The molecule has 0 aliphatic rings. The molecule has 0 spiro atoms. The van der Waals surface area contributed by atoms with Gasteiger partial charge in [0, 0.05) is 25.0 Å². The van der Waals surface area contributed by atoms with Crippen molar-refractivity contribution < 1.29 is 14.3 Å². The highest BCUT2D eigenvalue weighted by Gasteiger charge is 2.18. The highest BCUT2D eigenvalue weighted by Crippen LogP contribution is 2.29. The number of carboxylic acid groups (broad SMARTS) is 1. The molecule has 176 valence electrons. The minimum absolute atomic E-state index is 0.117. The molecule has 2 aromatic heterocycles. The van der Waals surface area contributed by atoms with Gasteiger partial charge in [-0.15, -0.1) is 0 Å². The molecule has 0 atom stereocenters. The van der Waals surface area contributed by atoms with Crippen LogP contribution in [0.2, 0.25) is 0 Å². The van der Waals surface area contributed by atoms with Crippen molar-refractivity contribution in [1.29, 1.82) is 0 Å². The summed E-state index contributed by atoms with van der Waals surface area (Å²) in [5.41, 5.74) is 6.58. The van der Waals surface area contributed by atoms with E-state index < -0.39 is 5.97 Å². The van der Waals surface area contributed by atoms with Gasteiger partial charge >= 0.3 is 5.97 Å². The Morgan fingerprint density at radius 2 is 1.91 bits per heavy atom. The molecule has 5 aromatic rings. The molecule has 0 bridgehead atoms. The lowest BCUT2D eigenvalue weighted by Gasteiger charge is -2.24. The zero-order valence-electron chi connectivity index (χ0n) is 19.3. The summed E-state index contributed by atoms with van der Waals surface area (Å²) in [5.74, 6) is -1.01. The molecule has 2 heterocycles. The van der Waals surface area contributed by atoms with Crippen molar-refractivity contribution in [1.82, 2.24) is 14.5 Å². The Morgan fingerprint density at radius 3 is 2.69 bits per heavy atom. The number of carboxylic acids is 1. The normalized spacial score (nSPS) is 11.2. The van der Waals surface area contributed by atoms with Gasteiger partial charge in [-0.05, 0) is 61.0 Å². The molecule has 9 heteroatoms. The van der Waals surface area contributed by atoms with Crippen LogP contribution in [0.1, 0.15) is 15.9 Å². The largest absolute Gasteiger partial charge is 0.478 e. The number of hydrogen-bond acceptors (Lipinski definition) is 5. The van der Waals surface area contributed by atoms with Crippen LogP contribution in [0.25, 0.3) is 33.3 Å². The van der Waals surface area contributed by atoms with Crippen LogP contribution in [0, 0.1) is 12.7 Å². The number of aromatic carboxylic acids is 1.